The average molecular weight is 236 g/mol. The summed E-state index contributed by atoms with van der Waals surface area (Å²) in [5, 5.41) is 15.1. The van der Waals surface area contributed by atoms with Gasteiger partial charge in [0.25, 0.3) is 0 Å². The third kappa shape index (κ3) is 2.60. The van der Waals surface area contributed by atoms with Crippen LogP contribution < -0.4 is 5.32 Å². The third-order valence-electron chi connectivity index (χ3n) is 2.16. The molecule has 2 N–H and O–H groups in total. The SMILES string of the molecule is O=C(O)c1ccc(NCc2ccno2)cc1F. The number of hydrogen-bond acceptors (Lipinski definition) is 4. The Morgan fingerprint density at radius 2 is 2.29 bits per heavy atom. The molecular formula is C11H9FN2O3. The number of carboxylic acids is 1. The number of nitrogens with zero attached hydrogens (tertiary/aromatic N) is 1. The third-order valence-corrected chi connectivity index (χ3v) is 2.16. The van der Waals surface area contributed by atoms with Crippen LogP contribution in [0.5, 0.6) is 0 Å². The summed E-state index contributed by atoms with van der Waals surface area (Å²) in [6.07, 6.45) is 1.51. The number of nitrogens with one attached hydrogen (secondary N) is 1. The van der Waals surface area contributed by atoms with Crippen molar-refractivity contribution in [3.63, 3.8) is 0 Å². The first-order chi connectivity index (χ1) is 8.16. The standard InChI is InChI=1S/C11H9FN2O3/c12-10-5-7(1-2-9(10)11(15)16)13-6-8-3-4-14-17-8/h1-5,13H,6H2,(H,15,16). The topological polar surface area (TPSA) is 75.4 Å². The van der Waals surface area contributed by atoms with Crippen molar-refractivity contribution in [2.75, 3.05) is 5.32 Å². The van der Waals surface area contributed by atoms with Crippen molar-refractivity contribution < 1.29 is 18.8 Å². The van der Waals surface area contributed by atoms with Crippen molar-refractivity contribution in [1.82, 2.24) is 5.16 Å². The molecule has 0 bridgehead atoms. The van der Waals surface area contributed by atoms with Crippen molar-refractivity contribution in [3.05, 3.63) is 47.6 Å². The number of aromatic nitrogens is 1. The monoisotopic (exact) mass is 236 g/mol. The van der Waals surface area contributed by atoms with E-state index in [-0.39, 0.29) is 5.56 Å². The molecule has 1 heterocycles. The lowest BCUT2D eigenvalue weighted by Gasteiger charge is -2.05. The maximum Gasteiger partial charge on any atom is 0.338 e. The second-order valence-corrected chi connectivity index (χ2v) is 3.33. The zero-order valence-electron chi connectivity index (χ0n) is 8.68. The first kappa shape index (κ1) is 11.1. The molecule has 0 atom stereocenters. The van der Waals surface area contributed by atoms with Gasteiger partial charge in [-0.05, 0) is 18.2 Å². The molecule has 0 aliphatic carbocycles. The number of halogens is 1. The van der Waals surface area contributed by atoms with Gasteiger partial charge in [0.2, 0.25) is 0 Å². The normalized spacial score (nSPS) is 10.2. The molecule has 0 aliphatic rings. The fourth-order valence-corrected chi connectivity index (χ4v) is 1.32. The van der Waals surface area contributed by atoms with E-state index in [4.69, 9.17) is 9.63 Å². The molecule has 0 spiro atoms. The second kappa shape index (κ2) is 4.65. The lowest BCUT2D eigenvalue weighted by atomic mass is 10.2. The molecular weight excluding hydrogens is 227 g/mol. The molecule has 1 aromatic heterocycles. The lowest BCUT2D eigenvalue weighted by molar-refractivity contribution is 0.0692. The second-order valence-electron chi connectivity index (χ2n) is 3.33. The van der Waals surface area contributed by atoms with Gasteiger partial charge in [-0.25, -0.2) is 9.18 Å². The number of anilines is 1. The predicted octanol–water partition coefficient (Wildman–Crippen LogP) is 2.12. The van der Waals surface area contributed by atoms with Gasteiger partial charge in [0, 0.05) is 11.8 Å². The summed E-state index contributed by atoms with van der Waals surface area (Å²) < 4.78 is 18.2. The van der Waals surface area contributed by atoms with E-state index in [9.17, 15) is 9.18 Å². The van der Waals surface area contributed by atoms with E-state index in [1.807, 2.05) is 0 Å². The van der Waals surface area contributed by atoms with Gasteiger partial charge in [0.1, 0.15) is 5.82 Å². The summed E-state index contributed by atoms with van der Waals surface area (Å²) in [7, 11) is 0. The Bertz CT molecular complexity index is 526. The minimum atomic E-state index is -1.29. The quantitative estimate of drug-likeness (QED) is 0.850. The van der Waals surface area contributed by atoms with Crippen LogP contribution in [0.25, 0.3) is 0 Å². The molecule has 0 radical (unpaired) electrons. The first-order valence-electron chi connectivity index (χ1n) is 4.83. The fraction of sp³-hybridized carbons (Fsp3) is 0.0909. The maximum absolute atomic E-state index is 13.3. The van der Waals surface area contributed by atoms with Crippen molar-refractivity contribution in [2.45, 2.75) is 6.54 Å². The molecule has 0 saturated carbocycles. The number of hydrogen-bond donors (Lipinski definition) is 2. The Morgan fingerprint density at radius 1 is 1.47 bits per heavy atom. The smallest absolute Gasteiger partial charge is 0.338 e. The number of rotatable bonds is 4. The van der Waals surface area contributed by atoms with Gasteiger partial charge in [-0.2, -0.15) is 0 Å². The zero-order chi connectivity index (χ0) is 12.3. The predicted molar refractivity (Wildman–Crippen MR) is 57.2 cm³/mol. The average Bonchev–Trinajstić information content (AvgIpc) is 2.78. The maximum atomic E-state index is 13.3. The summed E-state index contributed by atoms with van der Waals surface area (Å²) >= 11 is 0. The summed E-state index contributed by atoms with van der Waals surface area (Å²) in [6, 6.07) is 5.50. The van der Waals surface area contributed by atoms with E-state index in [0.29, 0.717) is 18.0 Å². The minimum Gasteiger partial charge on any atom is -0.478 e. The van der Waals surface area contributed by atoms with Crippen molar-refractivity contribution >= 4 is 11.7 Å². The zero-order valence-corrected chi connectivity index (χ0v) is 8.68. The van der Waals surface area contributed by atoms with Crippen LogP contribution in [0.2, 0.25) is 0 Å². The Hall–Kier alpha value is -2.37. The Labute approximate surface area is 95.9 Å². The van der Waals surface area contributed by atoms with Crippen LogP contribution in [0.4, 0.5) is 10.1 Å². The van der Waals surface area contributed by atoms with Gasteiger partial charge in [-0.3, -0.25) is 0 Å². The van der Waals surface area contributed by atoms with Crippen LogP contribution in [-0.4, -0.2) is 16.2 Å². The van der Waals surface area contributed by atoms with E-state index in [0.717, 1.165) is 6.07 Å². The molecule has 5 nitrogen and oxygen atoms in total. The Kier molecular flexibility index (Phi) is 3.04. The number of carbonyl (C=O) groups is 1. The van der Waals surface area contributed by atoms with Gasteiger partial charge >= 0.3 is 5.97 Å². The Balaban J connectivity index is 2.07. The number of carboxylic acid groups (broad SMARTS) is 1. The molecule has 6 heteroatoms. The Morgan fingerprint density at radius 3 is 2.88 bits per heavy atom. The van der Waals surface area contributed by atoms with Crippen LogP contribution >= 0.6 is 0 Å². The molecule has 17 heavy (non-hydrogen) atoms. The summed E-state index contributed by atoms with van der Waals surface area (Å²) in [5.41, 5.74) is 0.124. The van der Waals surface area contributed by atoms with Crippen LogP contribution in [0.3, 0.4) is 0 Å². The highest BCUT2D eigenvalue weighted by atomic mass is 19.1. The minimum absolute atomic E-state index is 0.352. The molecule has 2 aromatic rings. The molecule has 1 aromatic carbocycles. The van der Waals surface area contributed by atoms with Gasteiger partial charge in [-0.1, -0.05) is 5.16 Å². The van der Waals surface area contributed by atoms with Gasteiger partial charge in [0.15, 0.2) is 5.76 Å². The first-order valence-corrected chi connectivity index (χ1v) is 4.83. The van der Waals surface area contributed by atoms with E-state index in [1.54, 1.807) is 6.07 Å². The molecule has 0 saturated heterocycles. The molecule has 0 amide bonds. The van der Waals surface area contributed by atoms with E-state index in [1.165, 1.54) is 18.3 Å². The van der Waals surface area contributed by atoms with Gasteiger partial charge < -0.3 is 14.9 Å². The summed E-state index contributed by atoms with van der Waals surface area (Å²) in [4.78, 5) is 10.6. The summed E-state index contributed by atoms with van der Waals surface area (Å²) in [5.74, 6) is -1.46. The highest BCUT2D eigenvalue weighted by Crippen LogP contribution is 2.15. The van der Waals surface area contributed by atoms with Crippen LogP contribution in [0, 0.1) is 5.82 Å². The summed E-state index contributed by atoms with van der Waals surface area (Å²) in [6.45, 7) is 0.353. The number of aromatic carboxylic acids is 1. The molecule has 2 rings (SSSR count). The number of benzene rings is 1. The molecule has 0 fully saturated rings. The largest absolute Gasteiger partial charge is 0.478 e. The van der Waals surface area contributed by atoms with Crippen LogP contribution in [0.15, 0.2) is 35.0 Å². The van der Waals surface area contributed by atoms with Gasteiger partial charge in [-0.15, -0.1) is 0 Å². The fourth-order valence-electron chi connectivity index (χ4n) is 1.32. The highest BCUT2D eigenvalue weighted by Gasteiger charge is 2.10. The molecule has 0 aliphatic heterocycles. The van der Waals surface area contributed by atoms with E-state index in [2.05, 4.69) is 10.5 Å². The highest BCUT2D eigenvalue weighted by molar-refractivity contribution is 5.88. The van der Waals surface area contributed by atoms with Crippen molar-refractivity contribution in [2.24, 2.45) is 0 Å². The van der Waals surface area contributed by atoms with Gasteiger partial charge in [0.05, 0.1) is 18.3 Å². The van der Waals surface area contributed by atoms with E-state index < -0.39 is 11.8 Å². The van der Waals surface area contributed by atoms with Crippen LogP contribution in [-0.2, 0) is 6.54 Å². The molecule has 88 valence electrons. The van der Waals surface area contributed by atoms with Crippen LogP contribution in [0.1, 0.15) is 16.1 Å². The molecule has 0 unspecified atom stereocenters. The van der Waals surface area contributed by atoms with Crippen molar-refractivity contribution in [3.8, 4) is 0 Å². The van der Waals surface area contributed by atoms with E-state index >= 15 is 0 Å². The van der Waals surface area contributed by atoms with Crippen molar-refractivity contribution in [1.29, 1.82) is 0 Å². The lowest BCUT2D eigenvalue weighted by Crippen LogP contribution is -2.03.